The highest BCUT2D eigenvalue weighted by Gasteiger charge is 2.19. The SMILES string of the molecule is CN1CCCCCC1=NS(=O)(=O)c1cccc(NC(=O)Cc2cnn(-c3ccccc3)c2)c1. The summed E-state index contributed by atoms with van der Waals surface area (Å²) in [7, 11) is -2.00. The summed E-state index contributed by atoms with van der Waals surface area (Å²) in [6.45, 7) is 0.797. The van der Waals surface area contributed by atoms with Gasteiger partial charge < -0.3 is 10.2 Å². The number of carbonyl (C=O) groups is 1. The molecule has 0 radical (unpaired) electrons. The van der Waals surface area contributed by atoms with E-state index < -0.39 is 10.0 Å². The van der Waals surface area contributed by atoms with E-state index in [0.29, 0.717) is 17.9 Å². The molecule has 33 heavy (non-hydrogen) atoms. The molecule has 3 aromatic rings. The molecule has 1 fully saturated rings. The Hall–Kier alpha value is -3.46. The van der Waals surface area contributed by atoms with E-state index >= 15 is 0 Å². The van der Waals surface area contributed by atoms with Crippen molar-refractivity contribution >= 4 is 27.5 Å². The molecule has 172 valence electrons. The Labute approximate surface area is 194 Å². The zero-order valence-corrected chi connectivity index (χ0v) is 19.3. The predicted molar refractivity (Wildman–Crippen MR) is 128 cm³/mol. The van der Waals surface area contributed by atoms with Gasteiger partial charge in [0.15, 0.2) is 0 Å². The van der Waals surface area contributed by atoms with Crippen LogP contribution < -0.4 is 5.32 Å². The van der Waals surface area contributed by atoms with Crippen LogP contribution in [-0.2, 0) is 21.2 Å². The molecule has 4 rings (SSSR count). The van der Waals surface area contributed by atoms with Gasteiger partial charge in [-0.15, -0.1) is 4.40 Å². The highest BCUT2D eigenvalue weighted by molar-refractivity contribution is 7.90. The van der Waals surface area contributed by atoms with Crippen LogP contribution in [0.5, 0.6) is 0 Å². The Morgan fingerprint density at radius 1 is 1.09 bits per heavy atom. The third kappa shape index (κ3) is 5.87. The van der Waals surface area contributed by atoms with Crippen LogP contribution >= 0.6 is 0 Å². The molecular formula is C24H27N5O3S. The lowest BCUT2D eigenvalue weighted by atomic mass is 10.2. The summed E-state index contributed by atoms with van der Waals surface area (Å²) in [5, 5.41) is 7.07. The molecule has 1 saturated heterocycles. The van der Waals surface area contributed by atoms with E-state index in [1.54, 1.807) is 29.2 Å². The summed E-state index contributed by atoms with van der Waals surface area (Å²) >= 11 is 0. The second-order valence-corrected chi connectivity index (χ2v) is 9.70. The lowest BCUT2D eigenvalue weighted by Crippen LogP contribution is -2.26. The third-order valence-electron chi connectivity index (χ3n) is 5.50. The molecule has 2 heterocycles. The van der Waals surface area contributed by atoms with Crippen LogP contribution in [0.4, 0.5) is 5.69 Å². The number of benzene rings is 2. The van der Waals surface area contributed by atoms with E-state index in [9.17, 15) is 13.2 Å². The number of nitrogens with one attached hydrogen (secondary N) is 1. The van der Waals surface area contributed by atoms with Crippen molar-refractivity contribution in [1.82, 2.24) is 14.7 Å². The molecule has 0 bridgehead atoms. The molecule has 0 saturated carbocycles. The van der Waals surface area contributed by atoms with Crippen molar-refractivity contribution in [2.45, 2.75) is 37.0 Å². The number of amides is 1. The number of likely N-dealkylation sites (tertiary alicyclic amines) is 1. The van der Waals surface area contributed by atoms with Crippen LogP contribution in [0, 0.1) is 0 Å². The summed E-state index contributed by atoms with van der Waals surface area (Å²) in [5.41, 5.74) is 2.07. The maximum Gasteiger partial charge on any atom is 0.284 e. The summed E-state index contributed by atoms with van der Waals surface area (Å²) in [5.74, 6) is 0.323. The van der Waals surface area contributed by atoms with Gasteiger partial charge in [0.25, 0.3) is 10.0 Å². The van der Waals surface area contributed by atoms with Crippen molar-refractivity contribution in [2.75, 3.05) is 18.9 Å². The highest BCUT2D eigenvalue weighted by Crippen LogP contribution is 2.20. The van der Waals surface area contributed by atoms with Crippen molar-refractivity contribution < 1.29 is 13.2 Å². The minimum atomic E-state index is -3.87. The fourth-order valence-electron chi connectivity index (χ4n) is 3.73. The zero-order valence-electron chi connectivity index (χ0n) is 18.5. The van der Waals surface area contributed by atoms with Crippen molar-refractivity contribution in [3.05, 3.63) is 72.6 Å². The summed E-state index contributed by atoms with van der Waals surface area (Å²) in [6, 6.07) is 15.8. The Balaban J connectivity index is 1.44. The minimum Gasteiger partial charge on any atom is -0.362 e. The monoisotopic (exact) mass is 465 g/mol. The molecule has 2 aromatic carbocycles. The number of aromatic nitrogens is 2. The van der Waals surface area contributed by atoms with Gasteiger partial charge in [0.2, 0.25) is 5.91 Å². The average molecular weight is 466 g/mol. The van der Waals surface area contributed by atoms with Crippen LogP contribution in [0.1, 0.15) is 31.2 Å². The Morgan fingerprint density at radius 2 is 1.91 bits per heavy atom. The third-order valence-corrected chi connectivity index (χ3v) is 6.80. The lowest BCUT2D eigenvalue weighted by Gasteiger charge is -2.17. The van der Waals surface area contributed by atoms with E-state index in [-0.39, 0.29) is 17.2 Å². The Morgan fingerprint density at radius 3 is 2.73 bits per heavy atom. The van der Waals surface area contributed by atoms with Crippen molar-refractivity contribution in [3.63, 3.8) is 0 Å². The van der Waals surface area contributed by atoms with Crippen LogP contribution in [-0.4, -0.2) is 48.4 Å². The molecule has 9 heteroatoms. The summed E-state index contributed by atoms with van der Waals surface area (Å²) in [4.78, 5) is 14.5. The van der Waals surface area contributed by atoms with E-state index in [4.69, 9.17) is 0 Å². The van der Waals surface area contributed by atoms with E-state index in [2.05, 4.69) is 14.8 Å². The summed E-state index contributed by atoms with van der Waals surface area (Å²) < 4.78 is 31.6. The van der Waals surface area contributed by atoms with Gasteiger partial charge in [-0.1, -0.05) is 30.7 Å². The van der Waals surface area contributed by atoms with Gasteiger partial charge >= 0.3 is 0 Å². The number of hydrogen-bond donors (Lipinski definition) is 1. The van der Waals surface area contributed by atoms with Crippen molar-refractivity contribution in [3.8, 4) is 5.69 Å². The normalized spacial score (nSPS) is 15.9. The molecule has 0 spiro atoms. The van der Waals surface area contributed by atoms with E-state index in [1.807, 2.05) is 42.3 Å². The fraction of sp³-hybridized carbons (Fsp3) is 0.292. The quantitative estimate of drug-likeness (QED) is 0.599. The van der Waals surface area contributed by atoms with Gasteiger partial charge in [-0.2, -0.15) is 13.5 Å². The van der Waals surface area contributed by atoms with Gasteiger partial charge in [0, 0.05) is 31.9 Å². The molecule has 1 aliphatic rings. The molecule has 1 amide bonds. The maximum atomic E-state index is 12.9. The Kier molecular flexibility index (Phi) is 6.88. The molecular weight excluding hydrogens is 438 g/mol. The van der Waals surface area contributed by atoms with Crippen LogP contribution in [0.3, 0.4) is 0 Å². The largest absolute Gasteiger partial charge is 0.362 e. The average Bonchev–Trinajstić information content (AvgIpc) is 3.17. The number of carbonyl (C=O) groups excluding carboxylic acids is 1. The van der Waals surface area contributed by atoms with Gasteiger partial charge in [-0.25, -0.2) is 4.68 Å². The first-order valence-corrected chi connectivity index (χ1v) is 12.4. The first kappa shape index (κ1) is 22.7. The molecule has 0 atom stereocenters. The summed E-state index contributed by atoms with van der Waals surface area (Å²) in [6.07, 6.45) is 7.23. The maximum absolute atomic E-state index is 12.9. The van der Waals surface area contributed by atoms with E-state index in [0.717, 1.165) is 37.1 Å². The lowest BCUT2D eigenvalue weighted by molar-refractivity contribution is -0.115. The number of anilines is 1. The van der Waals surface area contributed by atoms with Crippen molar-refractivity contribution in [2.24, 2.45) is 4.40 Å². The smallest absolute Gasteiger partial charge is 0.284 e. The highest BCUT2D eigenvalue weighted by atomic mass is 32.2. The van der Waals surface area contributed by atoms with Gasteiger partial charge in [-0.05, 0) is 48.7 Å². The molecule has 1 aliphatic heterocycles. The molecule has 1 aromatic heterocycles. The van der Waals surface area contributed by atoms with Crippen LogP contribution in [0.15, 0.2) is 76.3 Å². The molecule has 0 aliphatic carbocycles. The first-order valence-electron chi connectivity index (χ1n) is 10.9. The number of amidine groups is 1. The standard InChI is InChI=1S/C24H27N5O3S/c1-28-14-7-3-6-13-23(28)27-33(31,32)22-12-8-9-20(16-22)26-24(30)15-19-17-25-29(18-19)21-10-4-2-5-11-21/h2,4-5,8-12,16-18H,3,6-7,13-15H2,1H3,(H,26,30). The predicted octanol–water partition coefficient (Wildman–Crippen LogP) is 3.65. The number of para-hydroxylation sites is 1. The topological polar surface area (TPSA) is 96.7 Å². The zero-order chi connectivity index (χ0) is 23.3. The van der Waals surface area contributed by atoms with Gasteiger partial charge in [0.05, 0.1) is 23.2 Å². The Bertz CT molecular complexity index is 1250. The van der Waals surface area contributed by atoms with Crippen LogP contribution in [0.2, 0.25) is 0 Å². The minimum absolute atomic E-state index is 0.0577. The second-order valence-electron chi connectivity index (χ2n) is 8.10. The first-order chi connectivity index (χ1) is 15.9. The number of rotatable bonds is 6. The molecule has 1 N–H and O–H groups in total. The molecule has 0 unspecified atom stereocenters. The number of nitrogens with zero attached hydrogens (tertiary/aromatic N) is 4. The van der Waals surface area contributed by atoms with Crippen LogP contribution in [0.25, 0.3) is 5.69 Å². The van der Waals surface area contributed by atoms with Gasteiger partial charge in [0.1, 0.15) is 5.84 Å². The second kappa shape index (κ2) is 9.99. The van der Waals surface area contributed by atoms with Gasteiger partial charge in [-0.3, -0.25) is 4.79 Å². The fourth-order valence-corrected chi connectivity index (χ4v) is 4.87. The van der Waals surface area contributed by atoms with Crippen molar-refractivity contribution in [1.29, 1.82) is 0 Å². The molecule has 8 nitrogen and oxygen atoms in total. The number of sulfonamides is 1. The number of hydrogen-bond acceptors (Lipinski definition) is 4. The van der Waals surface area contributed by atoms with E-state index in [1.165, 1.54) is 12.1 Å².